The molecule has 1 N–H and O–H groups in total. The van der Waals surface area contributed by atoms with Gasteiger partial charge in [0.2, 0.25) is 0 Å². The number of nitrogens with one attached hydrogen (secondary N) is 1. The SMILES string of the molecule is COc1ccc([N+](=O)[O-])c2c1NC(c1cccc(Cl)c1)C1CC=CC21. The third-order valence-electron chi connectivity index (χ3n) is 5.08. The Hall–Kier alpha value is -2.53. The highest BCUT2D eigenvalue weighted by molar-refractivity contribution is 6.30. The Bertz CT molecular complexity index is 881. The Morgan fingerprint density at radius 3 is 2.88 bits per heavy atom. The lowest BCUT2D eigenvalue weighted by Crippen LogP contribution is -2.30. The van der Waals surface area contributed by atoms with E-state index in [0.29, 0.717) is 22.0 Å². The molecular formula is C19H17ClN2O3. The van der Waals surface area contributed by atoms with Crippen LogP contribution in [0, 0.1) is 16.0 Å². The van der Waals surface area contributed by atoms with Gasteiger partial charge in [-0.2, -0.15) is 0 Å². The van der Waals surface area contributed by atoms with Crippen molar-refractivity contribution in [3.8, 4) is 5.75 Å². The molecule has 0 saturated heterocycles. The molecule has 2 aromatic carbocycles. The second-order valence-corrected chi connectivity index (χ2v) is 6.80. The zero-order valence-electron chi connectivity index (χ0n) is 13.6. The van der Waals surface area contributed by atoms with E-state index < -0.39 is 0 Å². The van der Waals surface area contributed by atoms with Crippen molar-refractivity contribution in [2.45, 2.75) is 18.4 Å². The largest absolute Gasteiger partial charge is 0.495 e. The van der Waals surface area contributed by atoms with Crippen LogP contribution >= 0.6 is 11.6 Å². The highest BCUT2D eigenvalue weighted by Gasteiger charge is 2.42. The zero-order valence-corrected chi connectivity index (χ0v) is 14.4. The molecule has 25 heavy (non-hydrogen) atoms. The molecule has 0 saturated carbocycles. The minimum absolute atomic E-state index is 0.0158. The van der Waals surface area contributed by atoms with Crippen LogP contribution in [-0.4, -0.2) is 12.0 Å². The van der Waals surface area contributed by atoms with Gasteiger partial charge in [-0.25, -0.2) is 0 Å². The van der Waals surface area contributed by atoms with Crippen molar-refractivity contribution >= 4 is 23.0 Å². The molecule has 0 spiro atoms. The first kappa shape index (κ1) is 16.0. The third-order valence-corrected chi connectivity index (χ3v) is 5.32. The van der Waals surface area contributed by atoms with E-state index in [4.69, 9.17) is 16.3 Å². The molecule has 2 aliphatic rings. The van der Waals surface area contributed by atoms with Crippen molar-refractivity contribution in [3.63, 3.8) is 0 Å². The first-order valence-corrected chi connectivity index (χ1v) is 8.52. The summed E-state index contributed by atoms with van der Waals surface area (Å²) >= 11 is 6.18. The van der Waals surface area contributed by atoms with Crippen LogP contribution < -0.4 is 10.1 Å². The Morgan fingerprint density at radius 2 is 2.16 bits per heavy atom. The Kier molecular flexibility index (Phi) is 3.88. The van der Waals surface area contributed by atoms with Crippen molar-refractivity contribution < 1.29 is 9.66 Å². The fourth-order valence-corrected chi connectivity index (χ4v) is 4.22. The molecule has 5 nitrogen and oxygen atoms in total. The Morgan fingerprint density at radius 1 is 1.32 bits per heavy atom. The summed E-state index contributed by atoms with van der Waals surface area (Å²) in [6.45, 7) is 0. The quantitative estimate of drug-likeness (QED) is 0.473. The van der Waals surface area contributed by atoms with Crippen molar-refractivity contribution in [2.75, 3.05) is 12.4 Å². The van der Waals surface area contributed by atoms with E-state index in [0.717, 1.165) is 12.0 Å². The highest BCUT2D eigenvalue weighted by Crippen LogP contribution is 2.54. The maximum Gasteiger partial charge on any atom is 0.275 e. The smallest absolute Gasteiger partial charge is 0.275 e. The average Bonchev–Trinajstić information content (AvgIpc) is 3.09. The van der Waals surface area contributed by atoms with Crippen molar-refractivity contribution in [3.05, 3.63) is 74.8 Å². The van der Waals surface area contributed by atoms with Crippen molar-refractivity contribution in [1.82, 2.24) is 0 Å². The maximum absolute atomic E-state index is 11.6. The second-order valence-electron chi connectivity index (χ2n) is 6.36. The number of nitrogens with zero attached hydrogens (tertiary/aromatic N) is 1. The number of rotatable bonds is 3. The van der Waals surface area contributed by atoms with E-state index in [9.17, 15) is 10.1 Å². The first-order chi connectivity index (χ1) is 12.1. The molecule has 6 heteroatoms. The van der Waals surface area contributed by atoms with E-state index in [1.807, 2.05) is 24.3 Å². The number of nitro benzene ring substituents is 1. The van der Waals surface area contributed by atoms with Crippen molar-refractivity contribution in [2.24, 2.45) is 5.92 Å². The molecule has 1 heterocycles. The molecule has 0 bridgehead atoms. The molecule has 0 aromatic heterocycles. The molecule has 2 aromatic rings. The van der Waals surface area contributed by atoms with Crippen molar-refractivity contribution in [1.29, 1.82) is 0 Å². The van der Waals surface area contributed by atoms with Crippen LogP contribution in [0.1, 0.15) is 29.5 Å². The van der Waals surface area contributed by atoms with E-state index in [1.165, 1.54) is 6.07 Å². The minimum Gasteiger partial charge on any atom is -0.495 e. The van der Waals surface area contributed by atoms with Gasteiger partial charge in [0.1, 0.15) is 5.75 Å². The Balaban J connectivity index is 1.89. The average molecular weight is 357 g/mol. The molecule has 128 valence electrons. The predicted molar refractivity (Wildman–Crippen MR) is 97.5 cm³/mol. The highest BCUT2D eigenvalue weighted by atomic mass is 35.5. The number of hydrogen-bond acceptors (Lipinski definition) is 4. The van der Waals surface area contributed by atoms with Gasteiger partial charge in [-0.15, -0.1) is 0 Å². The fraction of sp³-hybridized carbons (Fsp3) is 0.263. The number of hydrogen-bond donors (Lipinski definition) is 1. The van der Waals surface area contributed by atoms with Crippen LogP contribution in [-0.2, 0) is 0 Å². The van der Waals surface area contributed by atoms with Gasteiger partial charge in [0.15, 0.2) is 0 Å². The summed E-state index contributed by atoms with van der Waals surface area (Å²) in [6.07, 6.45) is 5.05. The molecule has 1 aliphatic carbocycles. The van der Waals surface area contributed by atoms with Crippen LogP contribution in [0.3, 0.4) is 0 Å². The number of fused-ring (bicyclic) bond motifs is 3. The number of anilines is 1. The van der Waals surface area contributed by atoms with Gasteiger partial charge in [0, 0.05) is 17.0 Å². The Labute approximate surface area is 150 Å². The summed E-state index contributed by atoms with van der Waals surface area (Å²) in [5.41, 5.74) is 2.62. The van der Waals surface area contributed by atoms with Gasteiger partial charge < -0.3 is 10.1 Å². The molecular weight excluding hydrogens is 340 g/mol. The van der Waals surface area contributed by atoms with E-state index in [2.05, 4.69) is 17.5 Å². The first-order valence-electron chi connectivity index (χ1n) is 8.14. The van der Waals surface area contributed by atoms with Gasteiger partial charge in [-0.3, -0.25) is 10.1 Å². The maximum atomic E-state index is 11.6. The van der Waals surface area contributed by atoms with Gasteiger partial charge >= 0.3 is 0 Å². The van der Waals surface area contributed by atoms with Crippen LogP contribution in [0.25, 0.3) is 0 Å². The molecule has 3 unspecified atom stereocenters. The normalized spacial score (nSPS) is 23.5. The topological polar surface area (TPSA) is 64.4 Å². The number of nitro groups is 1. The minimum atomic E-state index is -0.317. The van der Waals surface area contributed by atoms with Crippen LogP contribution in [0.2, 0.25) is 5.02 Å². The van der Waals surface area contributed by atoms with Crippen LogP contribution in [0.5, 0.6) is 5.75 Å². The summed E-state index contributed by atoms with van der Waals surface area (Å²) in [5.74, 6) is 0.805. The summed E-state index contributed by atoms with van der Waals surface area (Å²) in [7, 11) is 1.58. The monoisotopic (exact) mass is 356 g/mol. The molecule has 0 fully saturated rings. The molecule has 3 atom stereocenters. The van der Waals surface area contributed by atoms with Crippen LogP contribution in [0.4, 0.5) is 11.4 Å². The van der Waals surface area contributed by atoms with Gasteiger partial charge in [0.25, 0.3) is 5.69 Å². The number of halogens is 1. The number of ether oxygens (including phenoxy) is 1. The fourth-order valence-electron chi connectivity index (χ4n) is 4.02. The summed E-state index contributed by atoms with van der Waals surface area (Å²) in [5, 5.41) is 15.7. The molecule has 1 aliphatic heterocycles. The number of benzene rings is 2. The molecule has 4 rings (SSSR count). The van der Waals surface area contributed by atoms with Gasteiger partial charge in [-0.1, -0.05) is 35.9 Å². The standard InChI is InChI=1S/C19H17ClN2O3/c1-25-16-9-8-15(22(23)24)17-13-6-3-7-14(13)18(21-19(16)17)11-4-2-5-12(20)10-11/h2-6,8-10,13-14,18,21H,7H2,1H3. The molecule has 0 radical (unpaired) electrons. The summed E-state index contributed by atoms with van der Waals surface area (Å²) in [6, 6.07) is 11.0. The lowest BCUT2D eigenvalue weighted by molar-refractivity contribution is -0.385. The zero-order chi connectivity index (χ0) is 17.6. The lowest BCUT2D eigenvalue weighted by Gasteiger charge is -2.37. The number of methoxy groups -OCH3 is 1. The van der Waals surface area contributed by atoms with E-state index in [-0.39, 0.29) is 28.5 Å². The third kappa shape index (κ3) is 2.55. The predicted octanol–water partition coefficient (Wildman–Crippen LogP) is 5.08. The van der Waals surface area contributed by atoms with Gasteiger partial charge in [-0.05, 0) is 36.1 Å². The van der Waals surface area contributed by atoms with E-state index >= 15 is 0 Å². The second kappa shape index (κ2) is 6.08. The summed E-state index contributed by atoms with van der Waals surface area (Å²) in [4.78, 5) is 11.2. The van der Waals surface area contributed by atoms with E-state index in [1.54, 1.807) is 13.2 Å². The summed E-state index contributed by atoms with van der Waals surface area (Å²) < 4.78 is 5.47. The molecule has 0 amide bonds. The van der Waals surface area contributed by atoms with Gasteiger partial charge in [0.05, 0.1) is 29.3 Å². The van der Waals surface area contributed by atoms with Crippen LogP contribution in [0.15, 0.2) is 48.6 Å². The lowest BCUT2D eigenvalue weighted by atomic mass is 9.76. The number of allylic oxidation sites excluding steroid dienone is 2.